The molecule has 0 spiro atoms. The van der Waals surface area contributed by atoms with Crippen LogP contribution < -0.4 is 4.90 Å². The van der Waals surface area contributed by atoms with Crippen molar-refractivity contribution in [2.75, 3.05) is 4.90 Å². The first-order valence-electron chi connectivity index (χ1n) is 6.97. The van der Waals surface area contributed by atoms with Gasteiger partial charge in [-0.3, -0.25) is 0 Å². The van der Waals surface area contributed by atoms with Crippen LogP contribution in [0.2, 0.25) is 0 Å². The standard InChI is InChI=1S/C16H23NO3/c1-15(2)10-13(20-14(18)19)11-16(3,4)17(15)12-8-6-5-7-9-12/h5-9,13H,10-11H2,1-4H3,(H,18,19). The number of ether oxygens (including phenoxy) is 1. The molecule has 4 nitrogen and oxygen atoms in total. The Bertz CT molecular complexity index is 464. The summed E-state index contributed by atoms with van der Waals surface area (Å²) in [7, 11) is 0. The van der Waals surface area contributed by atoms with Crippen LogP contribution in [0.1, 0.15) is 40.5 Å². The van der Waals surface area contributed by atoms with Crippen molar-refractivity contribution >= 4 is 11.8 Å². The van der Waals surface area contributed by atoms with Crippen LogP contribution in [0.4, 0.5) is 10.5 Å². The summed E-state index contributed by atoms with van der Waals surface area (Å²) >= 11 is 0. The average Bonchev–Trinajstić information content (AvgIpc) is 2.25. The summed E-state index contributed by atoms with van der Waals surface area (Å²) < 4.78 is 5.04. The highest BCUT2D eigenvalue weighted by atomic mass is 16.7. The minimum absolute atomic E-state index is 0.163. The molecule has 0 radical (unpaired) electrons. The third kappa shape index (κ3) is 2.89. The molecule has 20 heavy (non-hydrogen) atoms. The van der Waals surface area contributed by atoms with Crippen LogP contribution in [0.5, 0.6) is 0 Å². The highest BCUT2D eigenvalue weighted by molar-refractivity contribution is 5.57. The summed E-state index contributed by atoms with van der Waals surface area (Å²) in [5.41, 5.74) is 0.836. The fourth-order valence-electron chi connectivity index (χ4n) is 3.69. The first kappa shape index (κ1) is 14.7. The molecule has 1 N–H and O–H groups in total. The van der Waals surface area contributed by atoms with Gasteiger partial charge in [-0.2, -0.15) is 0 Å². The SMILES string of the molecule is CC1(C)CC(OC(=O)O)CC(C)(C)N1c1ccccc1. The summed E-state index contributed by atoms with van der Waals surface area (Å²) in [5, 5.41) is 8.85. The summed E-state index contributed by atoms with van der Waals surface area (Å²) in [4.78, 5) is 13.2. The molecule has 0 amide bonds. The van der Waals surface area contributed by atoms with Gasteiger partial charge >= 0.3 is 6.16 Å². The van der Waals surface area contributed by atoms with Gasteiger partial charge in [0.1, 0.15) is 6.10 Å². The Morgan fingerprint density at radius 2 is 1.65 bits per heavy atom. The molecule has 1 fully saturated rings. The normalized spacial score (nSPS) is 21.5. The summed E-state index contributed by atoms with van der Waals surface area (Å²) in [6, 6.07) is 10.3. The highest BCUT2D eigenvalue weighted by Gasteiger charge is 2.46. The van der Waals surface area contributed by atoms with Crippen molar-refractivity contribution in [3.8, 4) is 0 Å². The van der Waals surface area contributed by atoms with Crippen LogP contribution >= 0.6 is 0 Å². The van der Waals surface area contributed by atoms with Crippen molar-refractivity contribution in [1.29, 1.82) is 0 Å². The molecule has 0 unspecified atom stereocenters. The van der Waals surface area contributed by atoms with E-state index in [9.17, 15) is 4.79 Å². The maximum Gasteiger partial charge on any atom is 0.506 e. The van der Waals surface area contributed by atoms with Crippen LogP contribution in [-0.2, 0) is 4.74 Å². The Balaban J connectivity index is 2.32. The molecule has 0 saturated carbocycles. The van der Waals surface area contributed by atoms with E-state index in [2.05, 4.69) is 44.7 Å². The zero-order chi connectivity index (χ0) is 15.0. The van der Waals surface area contributed by atoms with E-state index in [1.165, 1.54) is 0 Å². The largest absolute Gasteiger partial charge is 0.506 e. The van der Waals surface area contributed by atoms with Gasteiger partial charge in [0.25, 0.3) is 0 Å². The maximum absolute atomic E-state index is 10.8. The fraction of sp³-hybridized carbons (Fsp3) is 0.562. The van der Waals surface area contributed by atoms with E-state index in [-0.39, 0.29) is 17.2 Å². The molecule has 1 saturated heterocycles. The van der Waals surface area contributed by atoms with Crippen molar-refractivity contribution < 1.29 is 14.6 Å². The number of benzene rings is 1. The maximum atomic E-state index is 10.8. The molecule has 1 heterocycles. The number of piperidine rings is 1. The third-order valence-corrected chi connectivity index (χ3v) is 3.95. The summed E-state index contributed by atoms with van der Waals surface area (Å²) in [6.45, 7) is 8.55. The number of hydrogen-bond donors (Lipinski definition) is 1. The number of nitrogens with zero attached hydrogens (tertiary/aromatic N) is 1. The van der Waals surface area contributed by atoms with Crippen molar-refractivity contribution in [3.63, 3.8) is 0 Å². The van der Waals surface area contributed by atoms with E-state index in [1.54, 1.807) is 0 Å². The van der Waals surface area contributed by atoms with Gasteiger partial charge in [0.15, 0.2) is 0 Å². The van der Waals surface area contributed by atoms with Crippen LogP contribution in [0.15, 0.2) is 30.3 Å². The Labute approximate surface area is 120 Å². The van der Waals surface area contributed by atoms with Crippen LogP contribution in [0.25, 0.3) is 0 Å². The monoisotopic (exact) mass is 277 g/mol. The number of carbonyl (C=O) groups is 1. The molecule has 0 bridgehead atoms. The quantitative estimate of drug-likeness (QED) is 0.833. The molecular formula is C16H23NO3. The molecule has 4 heteroatoms. The molecule has 1 aromatic rings. The molecule has 0 atom stereocenters. The number of rotatable bonds is 2. The zero-order valence-electron chi connectivity index (χ0n) is 12.6. The predicted octanol–water partition coefficient (Wildman–Crippen LogP) is 3.91. The van der Waals surface area contributed by atoms with Gasteiger partial charge in [-0.25, -0.2) is 4.79 Å². The van der Waals surface area contributed by atoms with E-state index >= 15 is 0 Å². The molecule has 1 aliphatic rings. The highest BCUT2D eigenvalue weighted by Crippen LogP contribution is 2.42. The van der Waals surface area contributed by atoms with E-state index in [4.69, 9.17) is 9.84 Å². The molecule has 0 aliphatic carbocycles. The van der Waals surface area contributed by atoms with Gasteiger partial charge in [-0.05, 0) is 39.8 Å². The molecule has 0 aromatic heterocycles. The lowest BCUT2D eigenvalue weighted by Crippen LogP contribution is -2.62. The van der Waals surface area contributed by atoms with Gasteiger partial charge in [-0.15, -0.1) is 0 Å². The topological polar surface area (TPSA) is 49.8 Å². The number of anilines is 1. The van der Waals surface area contributed by atoms with Gasteiger partial charge in [0.05, 0.1) is 0 Å². The van der Waals surface area contributed by atoms with Gasteiger partial charge in [-0.1, -0.05) is 18.2 Å². The van der Waals surface area contributed by atoms with Gasteiger partial charge in [0.2, 0.25) is 0 Å². The average molecular weight is 277 g/mol. The molecule has 2 rings (SSSR count). The second-order valence-electron chi connectivity index (χ2n) is 6.71. The lowest BCUT2D eigenvalue weighted by Gasteiger charge is -2.56. The van der Waals surface area contributed by atoms with Crippen molar-refractivity contribution in [2.45, 2.75) is 57.7 Å². The van der Waals surface area contributed by atoms with Crippen LogP contribution in [0.3, 0.4) is 0 Å². The first-order valence-corrected chi connectivity index (χ1v) is 6.97. The minimum Gasteiger partial charge on any atom is -0.450 e. The second kappa shape index (κ2) is 5.00. The number of carboxylic acid groups (broad SMARTS) is 1. The Kier molecular flexibility index (Phi) is 3.67. The third-order valence-electron chi connectivity index (χ3n) is 3.95. The van der Waals surface area contributed by atoms with Crippen molar-refractivity contribution in [1.82, 2.24) is 0 Å². The summed E-state index contributed by atoms with van der Waals surface area (Å²) in [5.74, 6) is 0. The lowest BCUT2D eigenvalue weighted by atomic mass is 9.77. The molecule has 1 aliphatic heterocycles. The zero-order valence-corrected chi connectivity index (χ0v) is 12.6. The number of para-hydroxylation sites is 1. The van der Waals surface area contributed by atoms with Crippen molar-refractivity contribution in [3.05, 3.63) is 30.3 Å². The second-order valence-corrected chi connectivity index (χ2v) is 6.71. The van der Waals surface area contributed by atoms with Gasteiger partial charge in [0, 0.05) is 29.6 Å². The van der Waals surface area contributed by atoms with E-state index in [0.29, 0.717) is 12.8 Å². The van der Waals surface area contributed by atoms with E-state index < -0.39 is 6.16 Å². The Hall–Kier alpha value is -1.71. The smallest absolute Gasteiger partial charge is 0.450 e. The minimum atomic E-state index is -1.19. The van der Waals surface area contributed by atoms with E-state index in [1.807, 2.05) is 18.2 Å². The van der Waals surface area contributed by atoms with E-state index in [0.717, 1.165) is 5.69 Å². The van der Waals surface area contributed by atoms with Gasteiger partial charge < -0.3 is 14.7 Å². The first-order chi connectivity index (χ1) is 9.22. The molecule has 1 aromatic carbocycles. The van der Waals surface area contributed by atoms with Crippen molar-refractivity contribution in [2.24, 2.45) is 0 Å². The lowest BCUT2D eigenvalue weighted by molar-refractivity contribution is 0.00894. The van der Waals surface area contributed by atoms with Crippen LogP contribution in [0, 0.1) is 0 Å². The predicted molar refractivity (Wildman–Crippen MR) is 79.2 cm³/mol. The fourth-order valence-corrected chi connectivity index (χ4v) is 3.69. The Morgan fingerprint density at radius 1 is 1.15 bits per heavy atom. The summed E-state index contributed by atoms with van der Waals surface area (Å²) in [6.07, 6.45) is -0.0536. The number of hydrogen-bond acceptors (Lipinski definition) is 3. The molecular weight excluding hydrogens is 254 g/mol. The molecule has 110 valence electrons. The van der Waals surface area contributed by atoms with Crippen LogP contribution in [-0.4, -0.2) is 28.4 Å². The Morgan fingerprint density at radius 3 is 2.10 bits per heavy atom.